The number of aliphatic imine (C=N–C) groups is 1. The van der Waals surface area contributed by atoms with Gasteiger partial charge in [0.05, 0.1) is 21.7 Å². The lowest BCUT2D eigenvalue weighted by Gasteiger charge is -2.15. The normalized spacial score (nSPS) is 11.8. The molecule has 4 rings (SSSR count). The molecule has 0 radical (unpaired) electrons. The van der Waals surface area contributed by atoms with Crippen molar-refractivity contribution in [1.29, 1.82) is 0 Å². The van der Waals surface area contributed by atoms with E-state index in [9.17, 15) is 33.2 Å². The van der Waals surface area contributed by atoms with Gasteiger partial charge < -0.3 is 5.11 Å². The maximum Gasteiger partial charge on any atom is 0.416 e. The Bertz CT molecular complexity index is 1480. The van der Waals surface area contributed by atoms with Gasteiger partial charge in [0.1, 0.15) is 5.69 Å². The second kappa shape index (κ2) is 8.23. The fraction of sp³-hybridized carbons (Fsp3) is 0.0435. The van der Waals surface area contributed by atoms with Crippen LogP contribution in [0.5, 0.6) is 5.88 Å². The van der Waals surface area contributed by atoms with Gasteiger partial charge in [0, 0.05) is 23.1 Å². The largest absolute Gasteiger partial charge is 0.494 e. The third-order valence-electron chi connectivity index (χ3n) is 4.95. The van der Waals surface area contributed by atoms with Gasteiger partial charge in [-0.15, -0.1) is 0 Å². The molecule has 0 saturated carbocycles. The maximum atomic E-state index is 13.2. The second-order valence-electron chi connectivity index (χ2n) is 6.98. The number of nitro benzene ring substituents is 1. The molecule has 1 N–H and O–H groups in total. The minimum atomic E-state index is -4.65. The third-order valence-corrected chi connectivity index (χ3v) is 4.95. The monoisotopic (exact) mass is 453 g/mol. The average molecular weight is 453 g/mol. The van der Waals surface area contributed by atoms with E-state index < -0.39 is 28.1 Å². The first-order chi connectivity index (χ1) is 15.7. The van der Waals surface area contributed by atoms with E-state index >= 15 is 0 Å². The van der Waals surface area contributed by atoms with Crippen LogP contribution in [0.3, 0.4) is 0 Å². The topological polar surface area (TPSA) is 97.7 Å². The zero-order valence-electron chi connectivity index (χ0n) is 16.7. The molecular weight excluding hydrogens is 439 g/mol. The van der Waals surface area contributed by atoms with Crippen molar-refractivity contribution in [3.63, 3.8) is 0 Å². The molecule has 0 aliphatic heterocycles. The molecule has 0 bridgehead atoms. The van der Waals surface area contributed by atoms with E-state index in [4.69, 9.17) is 0 Å². The summed E-state index contributed by atoms with van der Waals surface area (Å²) in [4.78, 5) is 27.8. The van der Waals surface area contributed by atoms with Gasteiger partial charge in [-0.3, -0.25) is 14.9 Å². The number of hydrogen-bond donors (Lipinski definition) is 1. The third kappa shape index (κ3) is 4.05. The van der Waals surface area contributed by atoms with E-state index in [-0.39, 0.29) is 33.4 Å². The standard InChI is InChI=1S/C23H14F3N3O4/c24-23(25,26)14-6-5-7-15(12-14)28-21(30)17-9-2-1-8-16(17)18(22(28)31)13-27-19-10-3-4-11-20(19)29(32)33/h1-13,31H. The number of rotatable bonds is 4. The summed E-state index contributed by atoms with van der Waals surface area (Å²) in [7, 11) is 0. The van der Waals surface area contributed by atoms with Gasteiger partial charge in [-0.05, 0) is 30.3 Å². The van der Waals surface area contributed by atoms with Gasteiger partial charge in [0.2, 0.25) is 5.88 Å². The van der Waals surface area contributed by atoms with Crippen LogP contribution in [0.25, 0.3) is 16.5 Å². The summed E-state index contributed by atoms with van der Waals surface area (Å²) in [6, 6.07) is 15.8. The Kier molecular flexibility index (Phi) is 5.42. The van der Waals surface area contributed by atoms with E-state index in [0.29, 0.717) is 0 Å². The number of hydrogen-bond acceptors (Lipinski definition) is 5. The molecule has 0 spiro atoms. The van der Waals surface area contributed by atoms with E-state index in [2.05, 4.69) is 4.99 Å². The zero-order chi connectivity index (χ0) is 23.8. The van der Waals surface area contributed by atoms with Crippen LogP contribution in [0.2, 0.25) is 0 Å². The van der Waals surface area contributed by atoms with Gasteiger partial charge in [-0.2, -0.15) is 13.2 Å². The van der Waals surface area contributed by atoms with Crippen LogP contribution in [0, 0.1) is 10.1 Å². The molecule has 166 valence electrons. The van der Waals surface area contributed by atoms with E-state index in [1.807, 2.05) is 0 Å². The Morgan fingerprint density at radius 2 is 1.64 bits per heavy atom. The smallest absolute Gasteiger partial charge is 0.416 e. The molecule has 0 aliphatic rings. The van der Waals surface area contributed by atoms with Gasteiger partial charge >= 0.3 is 6.18 Å². The van der Waals surface area contributed by atoms with Crippen LogP contribution in [0.1, 0.15) is 11.1 Å². The number of nitrogens with zero attached hydrogens (tertiary/aromatic N) is 3. The van der Waals surface area contributed by atoms with Crippen LogP contribution in [0.15, 0.2) is 82.6 Å². The maximum absolute atomic E-state index is 13.2. The van der Waals surface area contributed by atoms with Crippen molar-refractivity contribution in [2.24, 2.45) is 4.99 Å². The first-order valence-corrected chi connectivity index (χ1v) is 9.50. The van der Waals surface area contributed by atoms with Crippen molar-refractivity contribution in [2.75, 3.05) is 0 Å². The molecule has 0 fully saturated rings. The number of aromatic nitrogens is 1. The first-order valence-electron chi connectivity index (χ1n) is 9.50. The lowest BCUT2D eigenvalue weighted by atomic mass is 10.1. The van der Waals surface area contributed by atoms with E-state index in [0.717, 1.165) is 29.0 Å². The summed E-state index contributed by atoms with van der Waals surface area (Å²) in [5.74, 6) is -0.652. The predicted molar refractivity (Wildman–Crippen MR) is 117 cm³/mol. The number of nitro groups is 1. The fourth-order valence-electron chi connectivity index (χ4n) is 3.41. The molecule has 1 aromatic heterocycles. The summed E-state index contributed by atoms with van der Waals surface area (Å²) < 4.78 is 40.4. The number of para-hydroxylation sites is 2. The molecule has 10 heteroatoms. The van der Waals surface area contributed by atoms with Crippen LogP contribution < -0.4 is 5.56 Å². The van der Waals surface area contributed by atoms with Gasteiger partial charge in [-0.25, -0.2) is 9.56 Å². The lowest BCUT2D eigenvalue weighted by molar-refractivity contribution is -0.384. The van der Waals surface area contributed by atoms with Gasteiger partial charge in [-0.1, -0.05) is 36.4 Å². The Balaban J connectivity index is 1.98. The number of benzene rings is 3. The van der Waals surface area contributed by atoms with Crippen LogP contribution in [-0.2, 0) is 6.18 Å². The quantitative estimate of drug-likeness (QED) is 0.255. The highest BCUT2D eigenvalue weighted by atomic mass is 19.4. The molecule has 0 atom stereocenters. The summed E-state index contributed by atoms with van der Waals surface area (Å²) in [5, 5.41) is 22.6. The molecule has 0 amide bonds. The molecule has 3 aromatic carbocycles. The van der Waals surface area contributed by atoms with Gasteiger partial charge in [0.15, 0.2) is 0 Å². The highest BCUT2D eigenvalue weighted by molar-refractivity contribution is 6.02. The van der Waals surface area contributed by atoms with Crippen LogP contribution in [0.4, 0.5) is 24.5 Å². The molecule has 0 unspecified atom stereocenters. The van der Waals surface area contributed by atoms with E-state index in [1.54, 1.807) is 18.2 Å². The number of alkyl halides is 3. The number of fused-ring (bicyclic) bond motifs is 1. The SMILES string of the molecule is O=c1c2ccccc2c(C=Nc2ccccc2[N+](=O)[O-])c(O)n1-c1cccc(C(F)(F)F)c1. The van der Waals surface area contributed by atoms with Crippen molar-refractivity contribution in [1.82, 2.24) is 4.57 Å². The Morgan fingerprint density at radius 3 is 2.33 bits per heavy atom. The lowest BCUT2D eigenvalue weighted by Crippen LogP contribution is -2.20. The molecular formula is C23H14F3N3O4. The minimum Gasteiger partial charge on any atom is -0.494 e. The van der Waals surface area contributed by atoms with Crippen molar-refractivity contribution < 1.29 is 23.2 Å². The Hall–Kier alpha value is -4.47. The highest BCUT2D eigenvalue weighted by Gasteiger charge is 2.31. The summed E-state index contributed by atoms with van der Waals surface area (Å²) in [6.45, 7) is 0. The van der Waals surface area contributed by atoms with Crippen molar-refractivity contribution in [3.8, 4) is 11.6 Å². The molecule has 33 heavy (non-hydrogen) atoms. The number of halogens is 3. The number of aromatic hydroxyl groups is 1. The van der Waals surface area contributed by atoms with Crippen molar-refractivity contribution in [2.45, 2.75) is 6.18 Å². The molecule has 0 saturated heterocycles. The summed E-state index contributed by atoms with van der Waals surface area (Å²) >= 11 is 0. The predicted octanol–water partition coefficient (Wildman–Crippen LogP) is 5.37. The summed E-state index contributed by atoms with van der Waals surface area (Å²) in [6.07, 6.45) is -3.51. The second-order valence-corrected chi connectivity index (χ2v) is 6.98. The zero-order valence-corrected chi connectivity index (χ0v) is 16.7. The number of pyridine rings is 1. The summed E-state index contributed by atoms with van der Waals surface area (Å²) in [5.41, 5.74) is -2.18. The first kappa shape index (κ1) is 21.8. The molecule has 0 aliphatic carbocycles. The molecule has 1 heterocycles. The van der Waals surface area contributed by atoms with Gasteiger partial charge in [0.25, 0.3) is 11.2 Å². The average Bonchev–Trinajstić information content (AvgIpc) is 2.79. The molecule has 7 nitrogen and oxygen atoms in total. The van der Waals surface area contributed by atoms with Crippen LogP contribution >= 0.6 is 0 Å². The van der Waals surface area contributed by atoms with Crippen molar-refractivity contribution in [3.05, 3.63) is 104 Å². The van der Waals surface area contributed by atoms with Crippen LogP contribution in [-0.4, -0.2) is 20.8 Å². The van der Waals surface area contributed by atoms with E-state index in [1.165, 1.54) is 36.4 Å². The minimum absolute atomic E-state index is 0.00259. The highest BCUT2D eigenvalue weighted by Crippen LogP contribution is 2.33. The fourth-order valence-corrected chi connectivity index (χ4v) is 3.41. The Morgan fingerprint density at radius 1 is 0.970 bits per heavy atom. The molecule has 4 aromatic rings. The Labute approximate surface area is 183 Å². The van der Waals surface area contributed by atoms with Crippen molar-refractivity contribution >= 4 is 28.4 Å².